The van der Waals surface area contributed by atoms with E-state index in [0.29, 0.717) is 0 Å². The fourth-order valence-electron chi connectivity index (χ4n) is 3.69. The summed E-state index contributed by atoms with van der Waals surface area (Å²) >= 11 is 0. The molecule has 2 aromatic rings. The highest BCUT2D eigenvalue weighted by molar-refractivity contribution is 6.02. The fraction of sp³-hybridized carbons (Fsp3) is 0.263. The molecule has 0 atom stereocenters. The molecule has 3 aliphatic rings. The van der Waals surface area contributed by atoms with E-state index >= 15 is 0 Å². The van der Waals surface area contributed by atoms with Gasteiger partial charge in [-0.15, -0.1) is 24.8 Å². The Bertz CT molecular complexity index is 802. The van der Waals surface area contributed by atoms with Gasteiger partial charge in [0.25, 0.3) is 0 Å². The molecule has 0 amide bonds. The molecular weight excluding hydrogens is 355 g/mol. The Morgan fingerprint density at radius 1 is 0.680 bits per heavy atom. The molecule has 0 saturated carbocycles. The third kappa shape index (κ3) is 3.00. The van der Waals surface area contributed by atoms with Gasteiger partial charge in [-0.2, -0.15) is 0 Å². The molecule has 2 heterocycles. The minimum absolute atomic E-state index is 0. The number of nitrogens with zero attached hydrogens (tertiary/aromatic N) is 2. The second kappa shape index (κ2) is 7.06. The number of hydrogen-bond donors (Lipinski definition) is 2. The summed E-state index contributed by atoms with van der Waals surface area (Å²) in [5.74, 6) is 2.07. The van der Waals surface area contributed by atoms with Gasteiger partial charge in [-0.25, -0.2) is 0 Å². The first-order valence-electron chi connectivity index (χ1n) is 8.22. The van der Waals surface area contributed by atoms with Crippen molar-refractivity contribution in [2.45, 2.75) is 6.42 Å². The van der Waals surface area contributed by atoms with Crippen LogP contribution in [0, 0.1) is 0 Å². The summed E-state index contributed by atoms with van der Waals surface area (Å²) in [5.41, 5.74) is 7.91. The zero-order valence-corrected chi connectivity index (χ0v) is 15.3. The lowest BCUT2D eigenvalue weighted by molar-refractivity contribution is 0.960. The summed E-state index contributed by atoms with van der Waals surface area (Å²) in [6, 6.07) is 13.4. The van der Waals surface area contributed by atoms with Crippen LogP contribution in [0.25, 0.3) is 11.1 Å². The first-order valence-corrected chi connectivity index (χ1v) is 8.22. The first-order chi connectivity index (χ1) is 11.4. The molecule has 0 unspecified atom stereocenters. The van der Waals surface area contributed by atoms with Gasteiger partial charge in [-0.1, -0.05) is 24.3 Å². The van der Waals surface area contributed by atoms with E-state index in [1.807, 2.05) is 0 Å². The summed E-state index contributed by atoms with van der Waals surface area (Å²) in [5, 5.41) is 6.71. The van der Waals surface area contributed by atoms with Gasteiger partial charge in [0, 0.05) is 24.2 Å². The number of rotatable bonds is 2. The standard InChI is InChI=1S/C19H18N4.2ClH/c1-3-16-14(9-12(1)18-20-5-6-21-18)11-15-10-13(2-4-17(15)16)19-22-7-8-23-19;;/h1-4,9-10H,5-8,11H2,(H,20,21)(H,22,23);2*1H. The summed E-state index contributed by atoms with van der Waals surface area (Å²) < 4.78 is 0. The quantitative estimate of drug-likeness (QED) is 0.724. The molecule has 0 fully saturated rings. The van der Waals surface area contributed by atoms with Gasteiger partial charge >= 0.3 is 0 Å². The van der Waals surface area contributed by atoms with E-state index in [1.54, 1.807) is 0 Å². The summed E-state index contributed by atoms with van der Waals surface area (Å²) in [4.78, 5) is 9.06. The van der Waals surface area contributed by atoms with Gasteiger partial charge in [0.1, 0.15) is 11.7 Å². The number of halogens is 2. The van der Waals surface area contributed by atoms with Crippen molar-refractivity contribution >= 4 is 36.5 Å². The molecule has 0 spiro atoms. The van der Waals surface area contributed by atoms with Crippen molar-refractivity contribution in [3.8, 4) is 11.1 Å². The Labute approximate surface area is 159 Å². The maximum atomic E-state index is 4.53. The van der Waals surface area contributed by atoms with Gasteiger partial charge in [-0.05, 0) is 40.8 Å². The molecule has 0 saturated heterocycles. The molecular formula is C19H20Cl2N4. The molecule has 25 heavy (non-hydrogen) atoms. The van der Waals surface area contributed by atoms with E-state index in [9.17, 15) is 0 Å². The number of nitrogens with one attached hydrogen (secondary N) is 2. The average Bonchev–Trinajstić information content (AvgIpc) is 3.32. The molecule has 0 aromatic heterocycles. The van der Waals surface area contributed by atoms with Crippen molar-refractivity contribution in [1.29, 1.82) is 0 Å². The van der Waals surface area contributed by atoms with Gasteiger partial charge in [0.05, 0.1) is 13.1 Å². The summed E-state index contributed by atoms with van der Waals surface area (Å²) in [7, 11) is 0. The maximum Gasteiger partial charge on any atom is 0.128 e. The highest BCUT2D eigenvalue weighted by Crippen LogP contribution is 2.37. The predicted molar refractivity (Wildman–Crippen MR) is 108 cm³/mol. The topological polar surface area (TPSA) is 48.8 Å². The molecule has 4 nitrogen and oxygen atoms in total. The molecule has 2 aromatic carbocycles. The van der Waals surface area contributed by atoms with E-state index in [2.05, 4.69) is 57.0 Å². The molecule has 0 bridgehead atoms. The summed E-state index contributed by atoms with van der Waals surface area (Å²) in [6.45, 7) is 3.66. The summed E-state index contributed by atoms with van der Waals surface area (Å²) in [6.07, 6.45) is 0.993. The molecule has 0 radical (unpaired) electrons. The number of benzene rings is 2. The number of fused-ring (bicyclic) bond motifs is 3. The van der Waals surface area contributed by atoms with Crippen molar-refractivity contribution in [3.63, 3.8) is 0 Å². The predicted octanol–water partition coefficient (Wildman–Crippen LogP) is 2.80. The number of hydrogen-bond acceptors (Lipinski definition) is 4. The van der Waals surface area contributed by atoms with E-state index in [0.717, 1.165) is 44.3 Å². The fourth-order valence-corrected chi connectivity index (χ4v) is 3.69. The molecule has 6 heteroatoms. The highest BCUT2D eigenvalue weighted by Gasteiger charge is 2.21. The van der Waals surface area contributed by atoms with Crippen molar-refractivity contribution in [2.24, 2.45) is 9.98 Å². The normalized spacial score (nSPS) is 16.5. The molecule has 130 valence electrons. The van der Waals surface area contributed by atoms with Gasteiger partial charge in [-0.3, -0.25) is 9.98 Å². The Hall–Kier alpha value is -2.04. The van der Waals surface area contributed by atoms with E-state index in [1.165, 1.54) is 33.4 Å². The van der Waals surface area contributed by atoms with Crippen LogP contribution in [-0.2, 0) is 6.42 Å². The van der Waals surface area contributed by atoms with Crippen LogP contribution in [0.4, 0.5) is 0 Å². The van der Waals surface area contributed by atoms with Crippen molar-refractivity contribution in [3.05, 3.63) is 58.7 Å². The Balaban J connectivity index is 0.000000911. The molecule has 2 N–H and O–H groups in total. The van der Waals surface area contributed by atoms with E-state index in [-0.39, 0.29) is 24.8 Å². The Kier molecular flexibility index (Phi) is 5.02. The number of amidine groups is 2. The lowest BCUT2D eigenvalue weighted by atomic mass is 10.0. The average molecular weight is 375 g/mol. The lowest BCUT2D eigenvalue weighted by Gasteiger charge is -2.07. The minimum atomic E-state index is 0. The van der Waals surface area contributed by atoms with Crippen LogP contribution in [0.3, 0.4) is 0 Å². The van der Waals surface area contributed by atoms with Crippen LogP contribution >= 0.6 is 24.8 Å². The van der Waals surface area contributed by atoms with Gasteiger partial charge in [0.15, 0.2) is 0 Å². The zero-order valence-electron chi connectivity index (χ0n) is 13.7. The van der Waals surface area contributed by atoms with Crippen LogP contribution in [-0.4, -0.2) is 37.9 Å². The van der Waals surface area contributed by atoms with Gasteiger partial charge in [0.2, 0.25) is 0 Å². The largest absolute Gasteiger partial charge is 0.368 e. The highest BCUT2D eigenvalue weighted by atomic mass is 35.5. The van der Waals surface area contributed by atoms with Crippen molar-refractivity contribution < 1.29 is 0 Å². The maximum absolute atomic E-state index is 4.53. The third-order valence-electron chi connectivity index (χ3n) is 4.78. The molecule has 1 aliphatic carbocycles. The van der Waals surface area contributed by atoms with Crippen LogP contribution in [0.15, 0.2) is 46.4 Å². The smallest absolute Gasteiger partial charge is 0.128 e. The monoisotopic (exact) mass is 374 g/mol. The molecule has 5 rings (SSSR count). The minimum Gasteiger partial charge on any atom is -0.368 e. The second-order valence-corrected chi connectivity index (χ2v) is 6.23. The number of aliphatic imine (C=N–C) groups is 2. The Morgan fingerprint density at radius 2 is 1.16 bits per heavy atom. The van der Waals surface area contributed by atoms with Gasteiger partial charge < -0.3 is 10.6 Å². The van der Waals surface area contributed by atoms with Crippen molar-refractivity contribution in [2.75, 3.05) is 26.2 Å². The van der Waals surface area contributed by atoms with E-state index in [4.69, 9.17) is 0 Å². The SMILES string of the molecule is Cl.Cl.c1cc2c(cc1C1=NCCN1)Cc1cc(C3=NCCN3)ccc1-2. The van der Waals surface area contributed by atoms with Crippen LogP contribution in [0.1, 0.15) is 22.3 Å². The van der Waals surface area contributed by atoms with Crippen molar-refractivity contribution in [1.82, 2.24) is 10.6 Å². The second-order valence-electron chi connectivity index (χ2n) is 6.23. The van der Waals surface area contributed by atoms with Crippen LogP contribution < -0.4 is 10.6 Å². The molecule has 2 aliphatic heterocycles. The van der Waals surface area contributed by atoms with Crippen LogP contribution in [0.5, 0.6) is 0 Å². The first kappa shape index (κ1) is 17.8. The lowest BCUT2D eigenvalue weighted by Crippen LogP contribution is -2.19. The Morgan fingerprint density at radius 3 is 1.56 bits per heavy atom. The zero-order chi connectivity index (χ0) is 15.2. The van der Waals surface area contributed by atoms with Crippen LogP contribution in [0.2, 0.25) is 0 Å². The van der Waals surface area contributed by atoms with E-state index < -0.39 is 0 Å². The third-order valence-corrected chi connectivity index (χ3v) is 4.78.